The number of nitrogens with zero attached hydrogens (tertiary/aromatic N) is 1. The second-order valence-electron chi connectivity index (χ2n) is 6.73. The lowest BCUT2D eigenvalue weighted by atomic mass is 9.97. The Bertz CT molecular complexity index is 842. The molecule has 0 aliphatic heterocycles. The average Bonchev–Trinajstić information content (AvgIpc) is 2.74. The fourth-order valence-electron chi connectivity index (χ4n) is 3.39. The summed E-state index contributed by atoms with van der Waals surface area (Å²) in [6.07, 6.45) is 0. The van der Waals surface area contributed by atoms with Crippen molar-refractivity contribution < 1.29 is 9.53 Å². The molecule has 3 aromatic carbocycles. The maximum Gasteiger partial charge on any atom is 0.234 e. The molecule has 28 heavy (non-hydrogen) atoms. The van der Waals surface area contributed by atoms with Gasteiger partial charge in [0, 0.05) is 12.1 Å². The molecule has 4 nitrogen and oxygen atoms in total. The van der Waals surface area contributed by atoms with Crippen LogP contribution in [0.5, 0.6) is 5.75 Å². The Kier molecular flexibility index (Phi) is 6.82. The number of amides is 1. The number of nitrogens with one attached hydrogen (secondary N) is 1. The number of rotatable bonds is 8. The molecule has 0 unspecified atom stereocenters. The van der Waals surface area contributed by atoms with E-state index in [1.807, 2.05) is 67.7 Å². The predicted octanol–water partition coefficient (Wildman–Crippen LogP) is 4.03. The number of carbonyl (C=O) groups excluding carboxylic acids is 1. The van der Waals surface area contributed by atoms with Gasteiger partial charge in [0.15, 0.2) is 0 Å². The third-order valence-corrected chi connectivity index (χ3v) is 4.73. The van der Waals surface area contributed by atoms with Crippen molar-refractivity contribution in [2.45, 2.75) is 12.6 Å². The Labute approximate surface area is 166 Å². The van der Waals surface area contributed by atoms with E-state index in [-0.39, 0.29) is 11.9 Å². The fourth-order valence-corrected chi connectivity index (χ4v) is 3.39. The normalized spacial score (nSPS) is 10.9. The molecule has 1 N–H and O–H groups in total. The second kappa shape index (κ2) is 9.72. The lowest BCUT2D eigenvalue weighted by molar-refractivity contribution is -0.122. The van der Waals surface area contributed by atoms with E-state index in [1.165, 1.54) is 0 Å². The molecule has 0 aliphatic rings. The summed E-state index contributed by atoms with van der Waals surface area (Å²) in [5.41, 5.74) is 3.28. The van der Waals surface area contributed by atoms with Crippen LogP contribution >= 0.6 is 0 Å². The van der Waals surface area contributed by atoms with E-state index in [4.69, 9.17) is 4.74 Å². The predicted molar refractivity (Wildman–Crippen MR) is 112 cm³/mol. The number of likely N-dealkylation sites (N-methyl/N-ethyl adjacent to an activating group) is 1. The van der Waals surface area contributed by atoms with E-state index in [9.17, 15) is 4.79 Å². The van der Waals surface area contributed by atoms with E-state index < -0.39 is 0 Å². The number of carbonyl (C=O) groups is 1. The minimum absolute atomic E-state index is 0.0133. The molecule has 3 aromatic rings. The third-order valence-electron chi connectivity index (χ3n) is 4.73. The van der Waals surface area contributed by atoms with Gasteiger partial charge in [-0.3, -0.25) is 9.69 Å². The van der Waals surface area contributed by atoms with Crippen LogP contribution in [-0.2, 0) is 11.3 Å². The van der Waals surface area contributed by atoms with Crippen LogP contribution in [0.4, 0.5) is 0 Å². The molecule has 0 bridgehead atoms. The molecule has 1 amide bonds. The zero-order valence-electron chi connectivity index (χ0n) is 16.3. The molecule has 4 heteroatoms. The van der Waals surface area contributed by atoms with Gasteiger partial charge in [-0.15, -0.1) is 0 Å². The monoisotopic (exact) mass is 374 g/mol. The van der Waals surface area contributed by atoms with Crippen molar-refractivity contribution in [3.63, 3.8) is 0 Å². The first-order chi connectivity index (χ1) is 13.7. The third kappa shape index (κ3) is 4.99. The molecular weight excluding hydrogens is 348 g/mol. The van der Waals surface area contributed by atoms with E-state index in [1.54, 1.807) is 7.11 Å². The lowest BCUT2D eigenvalue weighted by Gasteiger charge is -2.28. The summed E-state index contributed by atoms with van der Waals surface area (Å²) in [4.78, 5) is 14.7. The van der Waals surface area contributed by atoms with Crippen molar-refractivity contribution in [1.82, 2.24) is 10.2 Å². The average molecular weight is 374 g/mol. The van der Waals surface area contributed by atoms with Gasteiger partial charge in [-0.05, 0) is 24.2 Å². The molecule has 0 saturated heterocycles. The molecule has 0 aromatic heterocycles. The summed E-state index contributed by atoms with van der Waals surface area (Å²) < 4.78 is 5.35. The summed E-state index contributed by atoms with van der Waals surface area (Å²) in [6.45, 7) is 0.738. The summed E-state index contributed by atoms with van der Waals surface area (Å²) in [7, 11) is 3.62. The summed E-state index contributed by atoms with van der Waals surface area (Å²) >= 11 is 0. The highest BCUT2D eigenvalue weighted by Gasteiger charge is 2.21. The van der Waals surface area contributed by atoms with E-state index in [0.29, 0.717) is 13.1 Å². The highest BCUT2D eigenvalue weighted by Crippen LogP contribution is 2.27. The van der Waals surface area contributed by atoms with Crippen molar-refractivity contribution in [2.24, 2.45) is 0 Å². The Hall–Kier alpha value is -3.11. The molecule has 0 heterocycles. The smallest absolute Gasteiger partial charge is 0.234 e. The van der Waals surface area contributed by atoms with Gasteiger partial charge >= 0.3 is 0 Å². The van der Waals surface area contributed by atoms with Crippen LogP contribution in [0.1, 0.15) is 22.7 Å². The van der Waals surface area contributed by atoms with Crippen molar-refractivity contribution >= 4 is 5.91 Å². The van der Waals surface area contributed by atoms with Gasteiger partial charge in [0.1, 0.15) is 5.75 Å². The van der Waals surface area contributed by atoms with Gasteiger partial charge < -0.3 is 10.1 Å². The van der Waals surface area contributed by atoms with E-state index >= 15 is 0 Å². The van der Waals surface area contributed by atoms with Crippen LogP contribution in [-0.4, -0.2) is 31.5 Å². The number of ether oxygens (including phenoxy) is 1. The van der Waals surface area contributed by atoms with Crippen molar-refractivity contribution in [2.75, 3.05) is 20.7 Å². The molecule has 0 radical (unpaired) electrons. The Balaban J connectivity index is 1.69. The van der Waals surface area contributed by atoms with Crippen molar-refractivity contribution in [3.05, 3.63) is 102 Å². The first-order valence-corrected chi connectivity index (χ1v) is 9.37. The topological polar surface area (TPSA) is 41.6 Å². The molecule has 0 fully saturated rings. The second-order valence-corrected chi connectivity index (χ2v) is 6.73. The SMILES string of the molecule is COc1ccccc1CNC(=O)CN(C)C(c1ccccc1)c1ccccc1. The van der Waals surface area contributed by atoms with E-state index in [0.717, 1.165) is 22.4 Å². The maximum absolute atomic E-state index is 12.6. The lowest BCUT2D eigenvalue weighted by Crippen LogP contribution is -2.37. The van der Waals surface area contributed by atoms with Gasteiger partial charge in [0.2, 0.25) is 5.91 Å². The largest absolute Gasteiger partial charge is 0.496 e. The van der Waals surface area contributed by atoms with Crippen molar-refractivity contribution in [3.8, 4) is 5.75 Å². The van der Waals surface area contributed by atoms with Crippen LogP contribution in [0, 0.1) is 0 Å². The minimum Gasteiger partial charge on any atom is -0.496 e. The number of hydrogen-bond donors (Lipinski definition) is 1. The number of para-hydroxylation sites is 1. The maximum atomic E-state index is 12.6. The van der Waals surface area contributed by atoms with Gasteiger partial charge in [0.25, 0.3) is 0 Å². The minimum atomic E-state index is -0.0229. The zero-order chi connectivity index (χ0) is 19.8. The molecular formula is C24H26N2O2. The highest BCUT2D eigenvalue weighted by molar-refractivity contribution is 5.78. The van der Waals surface area contributed by atoms with Crippen LogP contribution in [0.3, 0.4) is 0 Å². The van der Waals surface area contributed by atoms with Gasteiger partial charge in [-0.2, -0.15) is 0 Å². The van der Waals surface area contributed by atoms with Gasteiger partial charge in [-0.1, -0.05) is 78.9 Å². The molecule has 0 saturated carbocycles. The standard InChI is InChI=1S/C24H26N2O2/c1-26(18-23(27)25-17-21-15-9-10-16-22(21)28-2)24(19-11-5-3-6-12-19)20-13-7-4-8-14-20/h3-16,24H,17-18H2,1-2H3,(H,25,27). The summed E-state index contributed by atoms with van der Waals surface area (Å²) in [5.74, 6) is 0.757. The van der Waals surface area contributed by atoms with Crippen LogP contribution in [0.15, 0.2) is 84.9 Å². The Morgan fingerprint density at radius 1 is 0.893 bits per heavy atom. The number of methoxy groups -OCH3 is 1. The van der Waals surface area contributed by atoms with Crippen molar-refractivity contribution in [1.29, 1.82) is 0 Å². The molecule has 144 valence electrons. The number of hydrogen-bond acceptors (Lipinski definition) is 3. The van der Waals surface area contributed by atoms with Crippen LogP contribution in [0.25, 0.3) is 0 Å². The van der Waals surface area contributed by atoms with Gasteiger partial charge in [0.05, 0.1) is 19.7 Å². The van der Waals surface area contributed by atoms with Crippen LogP contribution < -0.4 is 10.1 Å². The molecule has 0 spiro atoms. The fraction of sp³-hybridized carbons (Fsp3) is 0.208. The Morgan fingerprint density at radius 2 is 1.43 bits per heavy atom. The quantitative estimate of drug-likeness (QED) is 0.647. The highest BCUT2D eigenvalue weighted by atomic mass is 16.5. The number of benzene rings is 3. The zero-order valence-corrected chi connectivity index (χ0v) is 16.3. The Morgan fingerprint density at radius 3 is 2.00 bits per heavy atom. The van der Waals surface area contributed by atoms with Crippen LogP contribution in [0.2, 0.25) is 0 Å². The molecule has 0 atom stereocenters. The van der Waals surface area contributed by atoms with Gasteiger partial charge in [-0.25, -0.2) is 0 Å². The summed E-state index contributed by atoms with van der Waals surface area (Å²) in [5, 5.41) is 3.00. The molecule has 3 rings (SSSR count). The first kappa shape index (κ1) is 19.6. The summed E-state index contributed by atoms with van der Waals surface area (Å²) in [6, 6.07) is 28.2. The molecule has 0 aliphatic carbocycles. The first-order valence-electron chi connectivity index (χ1n) is 9.37. The van der Waals surface area contributed by atoms with E-state index in [2.05, 4.69) is 34.5 Å².